The third-order valence-corrected chi connectivity index (χ3v) is 4.28. The van der Waals surface area contributed by atoms with Crippen LogP contribution < -0.4 is 16.1 Å². The van der Waals surface area contributed by atoms with Crippen molar-refractivity contribution in [3.8, 4) is 0 Å². The Morgan fingerprint density at radius 1 is 1.15 bits per heavy atom. The number of aliphatic hydroxyl groups excluding tert-OH is 1. The number of amides is 2. The summed E-state index contributed by atoms with van der Waals surface area (Å²) in [6, 6.07) is 4.99. The highest BCUT2D eigenvalue weighted by molar-refractivity contribution is 6.01. The molecule has 0 unspecified atom stereocenters. The first-order chi connectivity index (χ1) is 16.3. The average molecular weight is 482 g/mol. The quantitative estimate of drug-likeness (QED) is 0.210. The number of nitrogens with one attached hydrogen (secondary N) is 3. The highest BCUT2D eigenvalue weighted by Crippen LogP contribution is 2.30. The molecule has 9 nitrogen and oxygen atoms in total. The molecule has 0 spiro atoms. The van der Waals surface area contributed by atoms with Gasteiger partial charge in [0.2, 0.25) is 5.91 Å². The highest BCUT2D eigenvalue weighted by Gasteiger charge is 2.23. The van der Waals surface area contributed by atoms with E-state index in [1.807, 2.05) is 5.48 Å². The van der Waals surface area contributed by atoms with Gasteiger partial charge in [-0.15, -0.1) is 0 Å². The van der Waals surface area contributed by atoms with Crippen LogP contribution in [0.1, 0.15) is 34.8 Å². The maximum Gasteiger partial charge on any atom is 0.277 e. The van der Waals surface area contributed by atoms with E-state index in [0.29, 0.717) is 12.1 Å². The molecule has 0 saturated heterocycles. The first-order valence-corrected chi connectivity index (χ1v) is 10.3. The van der Waals surface area contributed by atoms with Crippen molar-refractivity contribution in [3.05, 3.63) is 58.4 Å². The number of oxime groups is 1. The molecular formula is C22H25F3N4O5. The number of rotatable bonds is 12. The van der Waals surface area contributed by atoms with E-state index in [1.54, 1.807) is 19.9 Å². The molecule has 0 heterocycles. The van der Waals surface area contributed by atoms with E-state index < -0.39 is 46.8 Å². The third-order valence-electron chi connectivity index (χ3n) is 4.28. The maximum absolute atomic E-state index is 15.0. The second kappa shape index (κ2) is 13.2. The molecule has 2 rings (SSSR count). The minimum atomic E-state index is -1.47. The van der Waals surface area contributed by atoms with Gasteiger partial charge in [0.25, 0.3) is 5.91 Å². The van der Waals surface area contributed by atoms with Crippen molar-refractivity contribution < 1.29 is 37.5 Å². The Morgan fingerprint density at radius 3 is 2.59 bits per heavy atom. The largest absolute Gasteiger partial charge is 0.395 e. The number of hydrogen-bond acceptors (Lipinski definition) is 7. The lowest BCUT2D eigenvalue weighted by Crippen LogP contribution is -2.26. The zero-order valence-corrected chi connectivity index (χ0v) is 18.6. The topological polar surface area (TPSA) is 121 Å². The van der Waals surface area contributed by atoms with E-state index in [2.05, 4.69) is 15.8 Å². The molecule has 0 radical (unpaired) electrons. The summed E-state index contributed by atoms with van der Waals surface area (Å²) in [5.74, 6) is -4.85. The smallest absolute Gasteiger partial charge is 0.277 e. The van der Waals surface area contributed by atoms with Crippen LogP contribution >= 0.6 is 0 Å². The van der Waals surface area contributed by atoms with Crippen LogP contribution in [0.5, 0.6) is 0 Å². The van der Waals surface area contributed by atoms with Gasteiger partial charge in [-0.2, -0.15) is 0 Å². The molecule has 0 aliphatic carbocycles. The van der Waals surface area contributed by atoms with Crippen molar-refractivity contribution >= 4 is 29.4 Å². The Morgan fingerprint density at radius 2 is 1.91 bits per heavy atom. The molecule has 2 aromatic carbocycles. The molecular weight excluding hydrogens is 457 g/mol. The van der Waals surface area contributed by atoms with Gasteiger partial charge in [0, 0.05) is 12.1 Å². The number of anilines is 2. The number of carbonyl (C=O) groups is 2. The molecule has 34 heavy (non-hydrogen) atoms. The van der Waals surface area contributed by atoms with E-state index >= 15 is 0 Å². The van der Waals surface area contributed by atoms with Gasteiger partial charge in [0.1, 0.15) is 12.4 Å². The fourth-order valence-corrected chi connectivity index (χ4v) is 2.68. The lowest BCUT2D eigenvalue weighted by Gasteiger charge is -2.15. The minimum absolute atomic E-state index is 0.00282. The van der Waals surface area contributed by atoms with Crippen molar-refractivity contribution in [1.82, 2.24) is 10.8 Å². The Hall–Kier alpha value is -3.64. The van der Waals surface area contributed by atoms with E-state index in [9.17, 15) is 22.8 Å². The van der Waals surface area contributed by atoms with Gasteiger partial charge in [-0.3, -0.25) is 14.4 Å². The fraction of sp³-hybridized carbons (Fsp3) is 0.318. The zero-order valence-electron chi connectivity index (χ0n) is 18.6. The number of aliphatic hydroxyl groups is 1. The molecule has 12 heteroatoms. The molecule has 4 N–H and O–H groups in total. The lowest BCUT2D eigenvalue weighted by molar-refractivity contribution is -0.122. The van der Waals surface area contributed by atoms with Crippen molar-refractivity contribution in [2.45, 2.75) is 20.3 Å². The average Bonchev–Trinajstić information content (AvgIpc) is 2.79. The second-order valence-corrected chi connectivity index (χ2v) is 6.90. The number of carbonyl (C=O) groups excluding carboxylic acids is 2. The molecule has 0 bridgehead atoms. The summed E-state index contributed by atoms with van der Waals surface area (Å²) in [6.45, 7) is 3.09. The van der Waals surface area contributed by atoms with E-state index in [-0.39, 0.29) is 31.2 Å². The number of hydroxylamine groups is 1. The first-order valence-electron chi connectivity index (χ1n) is 10.3. The summed E-state index contributed by atoms with van der Waals surface area (Å²) in [5.41, 5.74) is 0.877. The predicted octanol–water partition coefficient (Wildman–Crippen LogP) is 2.69. The SMILES string of the molecule is CCNC(=O)CCO/N=C/c1cc(C(=O)NOCCO)c(Nc2ccc(C)cc2F)c(F)c1F. The molecule has 0 saturated carbocycles. The summed E-state index contributed by atoms with van der Waals surface area (Å²) >= 11 is 0. The van der Waals surface area contributed by atoms with E-state index in [0.717, 1.165) is 12.3 Å². The Balaban J connectivity index is 2.33. The monoisotopic (exact) mass is 482 g/mol. The summed E-state index contributed by atoms with van der Waals surface area (Å²) in [7, 11) is 0. The van der Waals surface area contributed by atoms with Crippen molar-refractivity contribution in [2.24, 2.45) is 5.16 Å². The molecule has 184 valence electrons. The van der Waals surface area contributed by atoms with Crippen LogP contribution in [0.15, 0.2) is 29.4 Å². The summed E-state index contributed by atoms with van der Waals surface area (Å²) < 4.78 is 43.9. The van der Waals surface area contributed by atoms with Crippen LogP contribution in [0.25, 0.3) is 0 Å². The maximum atomic E-state index is 15.0. The Bertz CT molecular complexity index is 1050. The van der Waals surface area contributed by atoms with Gasteiger partial charge >= 0.3 is 0 Å². The molecule has 0 aliphatic rings. The van der Waals surface area contributed by atoms with Gasteiger partial charge in [-0.1, -0.05) is 11.2 Å². The van der Waals surface area contributed by atoms with Crippen LogP contribution in [0.4, 0.5) is 24.5 Å². The fourth-order valence-electron chi connectivity index (χ4n) is 2.68. The third kappa shape index (κ3) is 7.46. The summed E-state index contributed by atoms with van der Waals surface area (Å²) in [4.78, 5) is 33.5. The normalized spacial score (nSPS) is 10.9. The Kier molecular flexibility index (Phi) is 10.3. The number of halogens is 3. The highest BCUT2D eigenvalue weighted by atomic mass is 19.2. The number of nitrogens with zero attached hydrogens (tertiary/aromatic N) is 1. The molecule has 0 atom stereocenters. The van der Waals surface area contributed by atoms with Gasteiger partial charge in [0.05, 0.1) is 42.8 Å². The minimum Gasteiger partial charge on any atom is -0.395 e. The van der Waals surface area contributed by atoms with Gasteiger partial charge < -0.3 is 20.6 Å². The van der Waals surface area contributed by atoms with Crippen molar-refractivity contribution in [1.29, 1.82) is 0 Å². The molecule has 0 fully saturated rings. The van der Waals surface area contributed by atoms with Crippen molar-refractivity contribution in [2.75, 3.05) is 31.7 Å². The van der Waals surface area contributed by atoms with E-state index in [1.165, 1.54) is 12.1 Å². The van der Waals surface area contributed by atoms with Crippen LogP contribution in [0, 0.1) is 24.4 Å². The number of hydrogen-bond donors (Lipinski definition) is 4. The number of benzene rings is 2. The molecule has 2 amide bonds. The summed E-state index contributed by atoms with van der Waals surface area (Å²) in [6.07, 6.45) is 0.834. The van der Waals surface area contributed by atoms with Crippen LogP contribution in [-0.2, 0) is 14.5 Å². The van der Waals surface area contributed by atoms with Crippen LogP contribution in [0.2, 0.25) is 0 Å². The number of aryl methyl sites for hydroxylation is 1. The summed E-state index contributed by atoms with van der Waals surface area (Å²) in [5, 5.41) is 17.2. The standard InChI is InChI=1S/C22H25F3N4O5/c1-3-26-18(31)6-8-33-27-12-14-11-15(22(32)29-34-9-7-30)21(20(25)19(14)24)28-17-5-4-13(2)10-16(17)23/h4-5,10-12,28,30H,3,6-9H2,1-2H3,(H,26,31)(H,29,32)/b27-12+. The van der Waals surface area contributed by atoms with Crippen molar-refractivity contribution in [3.63, 3.8) is 0 Å². The van der Waals surface area contributed by atoms with Crippen LogP contribution in [-0.4, -0.2) is 49.5 Å². The van der Waals surface area contributed by atoms with Gasteiger partial charge in [0.15, 0.2) is 11.6 Å². The Labute approximate surface area is 193 Å². The lowest BCUT2D eigenvalue weighted by atomic mass is 10.1. The van der Waals surface area contributed by atoms with Gasteiger partial charge in [-0.25, -0.2) is 18.7 Å². The van der Waals surface area contributed by atoms with Gasteiger partial charge in [-0.05, 0) is 37.6 Å². The second-order valence-electron chi connectivity index (χ2n) is 6.90. The zero-order chi connectivity index (χ0) is 25.1. The predicted molar refractivity (Wildman–Crippen MR) is 118 cm³/mol. The molecule has 2 aromatic rings. The first kappa shape index (κ1) is 26.6. The molecule has 0 aromatic heterocycles. The molecule has 0 aliphatic heterocycles. The van der Waals surface area contributed by atoms with Crippen LogP contribution in [0.3, 0.4) is 0 Å². The van der Waals surface area contributed by atoms with E-state index in [4.69, 9.17) is 14.8 Å².